The van der Waals surface area contributed by atoms with Gasteiger partial charge in [0, 0.05) is 12.2 Å². The lowest BCUT2D eigenvalue weighted by Crippen LogP contribution is -2.46. The van der Waals surface area contributed by atoms with E-state index in [4.69, 9.17) is 0 Å². The number of alkyl halides is 2. The number of nitrogens with zero attached hydrogens (tertiary/aromatic N) is 2. The van der Waals surface area contributed by atoms with Crippen LogP contribution in [0.15, 0.2) is 0 Å². The molecule has 1 N–H and O–H groups in total. The highest BCUT2D eigenvalue weighted by Crippen LogP contribution is 2.21. The Hall–Kier alpha value is -1.01. The quantitative estimate of drug-likeness (QED) is 0.837. The largest absolute Gasteiger partial charge is 0.368 e. The second-order valence-electron chi connectivity index (χ2n) is 4.09. The van der Waals surface area contributed by atoms with Crippen molar-refractivity contribution in [3.8, 4) is 0 Å². The van der Waals surface area contributed by atoms with Crippen LogP contribution in [0, 0.1) is 13.8 Å². The molecule has 16 heavy (non-hydrogen) atoms. The normalized spacial score (nSPS) is 21.2. The predicted octanol–water partition coefficient (Wildman–Crippen LogP) is 1.45. The van der Waals surface area contributed by atoms with Gasteiger partial charge in [0.1, 0.15) is 5.82 Å². The first kappa shape index (κ1) is 11.5. The van der Waals surface area contributed by atoms with E-state index in [1.54, 1.807) is 4.90 Å². The first-order valence-corrected chi connectivity index (χ1v) is 5.22. The Morgan fingerprint density at radius 2 is 2.25 bits per heavy atom. The lowest BCUT2D eigenvalue weighted by atomic mass is 10.4. The average Bonchev–Trinajstić information content (AvgIpc) is 2.43. The van der Waals surface area contributed by atoms with E-state index >= 15 is 0 Å². The van der Waals surface area contributed by atoms with Crippen LogP contribution in [0.25, 0.3) is 0 Å². The van der Waals surface area contributed by atoms with Crippen molar-refractivity contribution in [1.82, 2.24) is 14.9 Å². The van der Waals surface area contributed by atoms with E-state index in [2.05, 4.69) is 14.7 Å². The third kappa shape index (κ3) is 2.56. The number of ether oxygens (including phenoxy) is 1. The van der Waals surface area contributed by atoms with Crippen molar-refractivity contribution in [2.75, 3.05) is 19.7 Å². The summed E-state index contributed by atoms with van der Waals surface area (Å²) in [6, 6.07) is 0. The Kier molecular flexibility index (Phi) is 2.94. The molecular formula is C10H15F2N3O. The zero-order valence-electron chi connectivity index (χ0n) is 9.39. The van der Waals surface area contributed by atoms with Gasteiger partial charge in [-0.05, 0) is 13.8 Å². The number of imidazole rings is 1. The standard InChI is InChI=1S/C10H15F2N3O/c1-7-8(2)14-9(13-7)5-15-3-4-16-10(11,12)6-15/h3-6H2,1-2H3,(H,13,14). The van der Waals surface area contributed by atoms with Crippen LogP contribution in [0.4, 0.5) is 8.78 Å². The molecule has 0 atom stereocenters. The topological polar surface area (TPSA) is 41.2 Å². The molecule has 4 nitrogen and oxygen atoms in total. The van der Waals surface area contributed by atoms with E-state index in [1.807, 2.05) is 13.8 Å². The minimum Gasteiger partial charge on any atom is -0.345 e. The number of rotatable bonds is 2. The van der Waals surface area contributed by atoms with E-state index < -0.39 is 6.11 Å². The van der Waals surface area contributed by atoms with Crippen molar-refractivity contribution in [2.45, 2.75) is 26.5 Å². The Morgan fingerprint density at radius 3 is 2.81 bits per heavy atom. The van der Waals surface area contributed by atoms with Crippen LogP contribution >= 0.6 is 0 Å². The molecule has 1 fully saturated rings. The number of aromatic nitrogens is 2. The molecule has 2 rings (SSSR count). The van der Waals surface area contributed by atoms with Crippen molar-refractivity contribution in [1.29, 1.82) is 0 Å². The molecule has 0 amide bonds. The number of hydrogen-bond donors (Lipinski definition) is 1. The Labute approximate surface area is 92.6 Å². The molecule has 0 spiro atoms. The van der Waals surface area contributed by atoms with Gasteiger partial charge in [-0.25, -0.2) is 4.98 Å². The summed E-state index contributed by atoms with van der Waals surface area (Å²) in [5.41, 5.74) is 1.89. The van der Waals surface area contributed by atoms with Crippen molar-refractivity contribution in [3.05, 3.63) is 17.2 Å². The van der Waals surface area contributed by atoms with E-state index in [1.165, 1.54) is 0 Å². The summed E-state index contributed by atoms with van der Waals surface area (Å²) in [5, 5.41) is 0. The number of hydrogen-bond acceptors (Lipinski definition) is 3. The molecule has 0 unspecified atom stereocenters. The summed E-state index contributed by atoms with van der Waals surface area (Å²) in [7, 11) is 0. The summed E-state index contributed by atoms with van der Waals surface area (Å²) in [6.07, 6.45) is -3.03. The maximum atomic E-state index is 12.9. The van der Waals surface area contributed by atoms with E-state index in [9.17, 15) is 8.78 Å². The molecule has 1 aliphatic heterocycles. The van der Waals surface area contributed by atoms with Crippen LogP contribution in [0.2, 0.25) is 0 Å². The fourth-order valence-corrected chi connectivity index (χ4v) is 1.75. The highest BCUT2D eigenvalue weighted by Gasteiger charge is 2.36. The highest BCUT2D eigenvalue weighted by atomic mass is 19.3. The zero-order valence-corrected chi connectivity index (χ0v) is 9.39. The number of aryl methyl sites for hydroxylation is 2. The highest BCUT2D eigenvalue weighted by molar-refractivity contribution is 5.10. The molecule has 90 valence electrons. The second kappa shape index (κ2) is 4.10. The van der Waals surface area contributed by atoms with Crippen LogP contribution in [0.5, 0.6) is 0 Å². The molecule has 1 aromatic heterocycles. The SMILES string of the molecule is Cc1nc(CN2CCOC(F)(F)C2)[nH]c1C. The molecule has 0 radical (unpaired) electrons. The third-order valence-electron chi connectivity index (χ3n) is 2.68. The summed E-state index contributed by atoms with van der Waals surface area (Å²) in [4.78, 5) is 8.99. The molecule has 0 aromatic carbocycles. The van der Waals surface area contributed by atoms with Gasteiger partial charge >= 0.3 is 6.11 Å². The first-order chi connectivity index (χ1) is 7.46. The van der Waals surface area contributed by atoms with Gasteiger partial charge in [0.15, 0.2) is 0 Å². The maximum Gasteiger partial charge on any atom is 0.368 e. The maximum absolute atomic E-state index is 12.9. The Morgan fingerprint density at radius 1 is 1.50 bits per heavy atom. The van der Waals surface area contributed by atoms with Crippen LogP contribution in [0.1, 0.15) is 17.2 Å². The monoisotopic (exact) mass is 231 g/mol. The van der Waals surface area contributed by atoms with Crippen LogP contribution in [-0.4, -0.2) is 40.7 Å². The lowest BCUT2D eigenvalue weighted by Gasteiger charge is -2.31. The molecule has 0 bridgehead atoms. The number of H-pyrrole nitrogens is 1. The predicted molar refractivity (Wildman–Crippen MR) is 54.2 cm³/mol. The summed E-state index contributed by atoms with van der Waals surface area (Å²) in [5.74, 6) is 0.729. The zero-order chi connectivity index (χ0) is 11.8. The Balaban J connectivity index is 1.99. The lowest BCUT2D eigenvalue weighted by molar-refractivity contribution is -0.271. The fourth-order valence-electron chi connectivity index (χ4n) is 1.75. The second-order valence-corrected chi connectivity index (χ2v) is 4.09. The number of halogens is 2. The van der Waals surface area contributed by atoms with Crippen molar-refractivity contribution >= 4 is 0 Å². The number of morpholine rings is 1. The van der Waals surface area contributed by atoms with Gasteiger partial charge in [-0.2, -0.15) is 8.78 Å². The Bertz CT molecular complexity index is 359. The van der Waals surface area contributed by atoms with Crippen molar-refractivity contribution in [3.63, 3.8) is 0 Å². The molecule has 1 aliphatic rings. The van der Waals surface area contributed by atoms with Gasteiger partial charge in [0.25, 0.3) is 0 Å². The van der Waals surface area contributed by atoms with E-state index in [-0.39, 0.29) is 13.2 Å². The minimum atomic E-state index is -3.03. The van der Waals surface area contributed by atoms with Gasteiger partial charge in [-0.1, -0.05) is 0 Å². The number of nitrogens with one attached hydrogen (secondary N) is 1. The van der Waals surface area contributed by atoms with Gasteiger partial charge in [-0.15, -0.1) is 0 Å². The summed E-state index contributed by atoms with van der Waals surface area (Å²) in [6.45, 7) is 4.42. The molecule has 2 heterocycles. The van der Waals surface area contributed by atoms with Gasteiger partial charge < -0.3 is 9.72 Å². The summed E-state index contributed by atoms with van der Waals surface area (Å²) < 4.78 is 30.3. The van der Waals surface area contributed by atoms with Crippen LogP contribution in [-0.2, 0) is 11.3 Å². The minimum absolute atomic E-state index is 0.0612. The molecule has 1 aromatic rings. The number of aromatic amines is 1. The third-order valence-corrected chi connectivity index (χ3v) is 2.68. The van der Waals surface area contributed by atoms with Gasteiger partial charge in [-0.3, -0.25) is 4.90 Å². The molecule has 1 saturated heterocycles. The molecular weight excluding hydrogens is 216 g/mol. The fraction of sp³-hybridized carbons (Fsp3) is 0.700. The molecule has 0 aliphatic carbocycles. The smallest absolute Gasteiger partial charge is 0.345 e. The van der Waals surface area contributed by atoms with Gasteiger partial charge in [0.05, 0.1) is 25.4 Å². The summed E-state index contributed by atoms with van der Waals surface area (Å²) >= 11 is 0. The van der Waals surface area contributed by atoms with Gasteiger partial charge in [0.2, 0.25) is 0 Å². The van der Waals surface area contributed by atoms with Crippen molar-refractivity contribution < 1.29 is 13.5 Å². The van der Waals surface area contributed by atoms with Crippen LogP contribution in [0.3, 0.4) is 0 Å². The average molecular weight is 231 g/mol. The van der Waals surface area contributed by atoms with E-state index in [0.717, 1.165) is 17.2 Å². The first-order valence-electron chi connectivity index (χ1n) is 5.22. The molecule has 0 saturated carbocycles. The van der Waals surface area contributed by atoms with E-state index in [0.29, 0.717) is 13.1 Å². The molecule has 6 heteroatoms. The van der Waals surface area contributed by atoms with Crippen molar-refractivity contribution in [2.24, 2.45) is 0 Å². The van der Waals surface area contributed by atoms with Crippen LogP contribution < -0.4 is 0 Å².